The summed E-state index contributed by atoms with van der Waals surface area (Å²) >= 11 is 1.91. The molecule has 1 aromatic heterocycles. The Labute approximate surface area is 325 Å². The highest BCUT2D eigenvalue weighted by atomic mass is 32.1. The van der Waals surface area contributed by atoms with Gasteiger partial charge in [0.1, 0.15) is 0 Å². The van der Waals surface area contributed by atoms with Gasteiger partial charge in [0.2, 0.25) is 0 Å². The van der Waals surface area contributed by atoms with Crippen molar-refractivity contribution in [3.05, 3.63) is 199 Å². The average Bonchev–Trinajstić information content (AvgIpc) is 3.73. The van der Waals surface area contributed by atoms with Gasteiger partial charge < -0.3 is 4.90 Å². The lowest BCUT2D eigenvalue weighted by atomic mass is 9.82. The molecule has 0 bridgehead atoms. The molecule has 0 spiro atoms. The Hall–Kier alpha value is -6.48. The van der Waals surface area contributed by atoms with Crippen molar-refractivity contribution in [1.29, 1.82) is 0 Å². The molecule has 0 unspecified atom stereocenters. The van der Waals surface area contributed by atoms with Gasteiger partial charge in [-0.15, -0.1) is 11.3 Å². The van der Waals surface area contributed by atoms with E-state index in [2.05, 4.69) is 207 Å². The third-order valence-corrected chi connectivity index (χ3v) is 13.1. The molecule has 0 N–H and O–H groups in total. The predicted molar refractivity (Wildman–Crippen MR) is 237 cm³/mol. The first-order chi connectivity index (χ1) is 27.0. The second-order valence-corrected chi connectivity index (χ2v) is 16.3. The van der Waals surface area contributed by atoms with E-state index < -0.39 is 0 Å². The van der Waals surface area contributed by atoms with Crippen LogP contribution in [0.15, 0.2) is 188 Å². The molecule has 2 heteroatoms. The van der Waals surface area contributed by atoms with Crippen LogP contribution in [0.1, 0.15) is 25.0 Å². The second-order valence-electron chi connectivity index (χ2n) is 15.3. The highest BCUT2D eigenvalue weighted by Gasteiger charge is 2.35. The van der Waals surface area contributed by atoms with Crippen LogP contribution < -0.4 is 4.90 Å². The highest BCUT2D eigenvalue weighted by Crippen LogP contribution is 2.51. The minimum absolute atomic E-state index is 0.101. The van der Waals surface area contributed by atoms with Crippen LogP contribution in [0, 0.1) is 0 Å². The van der Waals surface area contributed by atoms with Gasteiger partial charge in [-0.1, -0.05) is 166 Å². The van der Waals surface area contributed by atoms with Crippen LogP contribution in [0.3, 0.4) is 0 Å². The Balaban J connectivity index is 1.06. The summed E-state index contributed by atoms with van der Waals surface area (Å²) in [7, 11) is 0. The van der Waals surface area contributed by atoms with Crippen LogP contribution in [0.4, 0.5) is 17.1 Å². The van der Waals surface area contributed by atoms with E-state index in [0.717, 1.165) is 17.1 Å². The Morgan fingerprint density at radius 3 is 1.84 bits per heavy atom. The Kier molecular flexibility index (Phi) is 7.14. The lowest BCUT2D eigenvalue weighted by Gasteiger charge is -2.28. The summed E-state index contributed by atoms with van der Waals surface area (Å²) in [5.41, 5.74) is 13.7. The molecular formula is C53H37NS. The number of thiophene rings is 1. The van der Waals surface area contributed by atoms with E-state index in [1.807, 2.05) is 11.3 Å². The molecule has 11 rings (SSSR count). The average molecular weight is 720 g/mol. The first-order valence-corrected chi connectivity index (χ1v) is 19.9. The van der Waals surface area contributed by atoms with E-state index in [-0.39, 0.29) is 5.41 Å². The van der Waals surface area contributed by atoms with Crippen molar-refractivity contribution in [2.24, 2.45) is 0 Å². The lowest BCUT2D eigenvalue weighted by molar-refractivity contribution is 0.660. The van der Waals surface area contributed by atoms with Gasteiger partial charge in [0.25, 0.3) is 0 Å². The maximum absolute atomic E-state index is 2.43. The molecule has 9 aromatic carbocycles. The molecule has 1 aliphatic carbocycles. The predicted octanol–water partition coefficient (Wildman–Crippen LogP) is 15.5. The molecule has 0 atom stereocenters. The molecule has 0 saturated heterocycles. The number of nitrogens with zero attached hydrogens (tertiary/aromatic N) is 1. The van der Waals surface area contributed by atoms with E-state index in [9.17, 15) is 0 Å². The normalized spacial score (nSPS) is 13.1. The van der Waals surface area contributed by atoms with Crippen LogP contribution in [0.2, 0.25) is 0 Å². The Bertz CT molecular complexity index is 3120. The molecule has 0 fully saturated rings. The quantitative estimate of drug-likeness (QED) is 0.171. The fraction of sp³-hybridized carbons (Fsp3) is 0.0566. The minimum Gasteiger partial charge on any atom is -0.310 e. The van der Waals surface area contributed by atoms with Gasteiger partial charge in [-0.3, -0.25) is 0 Å². The SMILES string of the molecule is CC1(C)c2ccccc2-c2ccc(N(c3ccc(-c4cccc5c4sc4c6ccccc6ccc54)cc3)c3cccc(-c4cccc5ccccc45)c3)cc21. The Morgan fingerprint density at radius 2 is 0.964 bits per heavy atom. The van der Waals surface area contributed by atoms with E-state index in [0.29, 0.717) is 0 Å². The summed E-state index contributed by atoms with van der Waals surface area (Å²) in [5, 5.41) is 7.77. The van der Waals surface area contributed by atoms with Crippen molar-refractivity contribution < 1.29 is 0 Å². The summed E-state index contributed by atoms with van der Waals surface area (Å²) in [6, 6.07) is 69.5. The zero-order valence-corrected chi connectivity index (χ0v) is 31.6. The summed E-state index contributed by atoms with van der Waals surface area (Å²) in [6.07, 6.45) is 0. The van der Waals surface area contributed by atoms with Crippen molar-refractivity contribution in [3.8, 4) is 33.4 Å². The van der Waals surface area contributed by atoms with Crippen LogP contribution in [0.5, 0.6) is 0 Å². The molecule has 1 heterocycles. The third kappa shape index (κ3) is 4.99. The topological polar surface area (TPSA) is 3.24 Å². The third-order valence-electron chi connectivity index (χ3n) is 11.9. The first kappa shape index (κ1) is 32.0. The standard InChI is InChI=1S/C53H37NS/c1-53(2)49-23-8-7-19-45(49)46-31-29-40(33-50(46)53)54(39-16-9-15-37(32-39)42-20-10-14-34-12-3-5-17-41(34)42)38-27-24-36(25-28-38)44-21-11-22-47-48-30-26-35-13-4-6-18-43(35)52(48)55-51(44)47/h3-33H,1-2H3. The number of anilines is 3. The maximum atomic E-state index is 2.43. The fourth-order valence-electron chi connectivity index (χ4n) is 9.11. The molecule has 1 aliphatic rings. The highest BCUT2D eigenvalue weighted by molar-refractivity contribution is 7.27. The lowest BCUT2D eigenvalue weighted by Crippen LogP contribution is -2.16. The summed E-state index contributed by atoms with van der Waals surface area (Å²) in [5.74, 6) is 0. The molecule has 0 aliphatic heterocycles. The van der Waals surface area contributed by atoms with Crippen LogP contribution in [-0.4, -0.2) is 0 Å². The molecule has 0 amide bonds. The monoisotopic (exact) mass is 719 g/mol. The van der Waals surface area contributed by atoms with Crippen molar-refractivity contribution in [1.82, 2.24) is 0 Å². The van der Waals surface area contributed by atoms with Gasteiger partial charge >= 0.3 is 0 Å². The van der Waals surface area contributed by atoms with Gasteiger partial charge in [-0.2, -0.15) is 0 Å². The number of rotatable bonds is 5. The number of hydrogen-bond acceptors (Lipinski definition) is 2. The van der Waals surface area contributed by atoms with Crippen molar-refractivity contribution in [2.45, 2.75) is 19.3 Å². The van der Waals surface area contributed by atoms with E-state index in [4.69, 9.17) is 0 Å². The van der Waals surface area contributed by atoms with E-state index in [1.54, 1.807) is 0 Å². The molecule has 0 radical (unpaired) electrons. The van der Waals surface area contributed by atoms with Crippen LogP contribution in [0.25, 0.3) is 75.1 Å². The second kappa shape index (κ2) is 12.3. The number of hydrogen-bond donors (Lipinski definition) is 0. The van der Waals surface area contributed by atoms with E-state index in [1.165, 1.54) is 86.2 Å². The molecule has 260 valence electrons. The zero-order valence-electron chi connectivity index (χ0n) is 30.8. The number of benzene rings is 9. The summed E-state index contributed by atoms with van der Waals surface area (Å²) in [6.45, 7) is 4.72. The molecule has 10 aromatic rings. The molecular weight excluding hydrogens is 683 g/mol. The largest absolute Gasteiger partial charge is 0.310 e. The van der Waals surface area contributed by atoms with Crippen LogP contribution >= 0.6 is 11.3 Å². The minimum atomic E-state index is -0.101. The van der Waals surface area contributed by atoms with Gasteiger partial charge in [0.05, 0.1) is 0 Å². The molecule has 1 nitrogen and oxygen atoms in total. The first-order valence-electron chi connectivity index (χ1n) is 19.1. The molecule has 0 saturated carbocycles. The Morgan fingerprint density at radius 1 is 0.364 bits per heavy atom. The van der Waals surface area contributed by atoms with Gasteiger partial charge in [-0.05, 0) is 102 Å². The fourth-order valence-corrected chi connectivity index (χ4v) is 10.5. The summed E-state index contributed by atoms with van der Waals surface area (Å²) < 4.78 is 2.69. The smallest absolute Gasteiger partial charge is 0.0467 e. The van der Waals surface area contributed by atoms with E-state index >= 15 is 0 Å². The van der Waals surface area contributed by atoms with Crippen molar-refractivity contribution >= 4 is 70.1 Å². The van der Waals surface area contributed by atoms with Crippen LogP contribution in [-0.2, 0) is 5.41 Å². The molecule has 55 heavy (non-hydrogen) atoms. The van der Waals surface area contributed by atoms with Gasteiger partial charge in [0.15, 0.2) is 0 Å². The summed E-state index contributed by atoms with van der Waals surface area (Å²) in [4.78, 5) is 2.43. The van der Waals surface area contributed by atoms with Crippen molar-refractivity contribution in [3.63, 3.8) is 0 Å². The number of fused-ring (bicyclic) bond motifs is 9. The zero-order chi connectivity index (χ0) is 36.7. The van der Waals surface area contributed by atoms with Gasteiger partial charge in [0, 0.05) is 42.6 Å². The van der Waals surface area contributed by atoms with Crippen molar-refractivity contribution in [2.75, 3.05) is 4.90 Å². The maximum Gasteiger partial charge on any atom is 0.0467 e. The van der Waals surface area contributed by atoms with Gasteiger partial charge in [-0.25, -0.2) is 0 Å².